The monoisotopic (exact) mass is 320 g/mol. The van der Waals surface area contributed by atoms with E-state index in [9.17, 15) is 0 Å². The Morgan fingerprint density at radius 1 is 0.958 bits per heavy atom. The van der Waals surface area contributed by atoms with E-state index in [4.69, 9.17) is 0 Å². The summed E-state index contributed by atoms with van der Waals surface area (Å²) in [7, 11) is 0. The Kier molecular flexibility index (Phi) is 4.09. The van der Waals surface area contributed by atoms with Gasteiger partial charge in [0.15, 0.2) is 6.04 Å². The fourth-order valence-electron chi connectivity index (χ4n) is 3.57. The van der Waals surface area contributed by atoms with Gasteiger partial charge < -0.3 is 4.90 Å². The second kappa shape index (κ2) is 6.53. The van der Waals surface area contributed by atoms with Gasteiger partial charge in [-0.25, -0.2) is 0 Å². The average Bonchev–Trinajstić information content (AvgIpc) is 3.30. The van der Waals surface area contributed by atoms with Crippen LogP contribution in [0.5, 0.6) is 0 Å². The van der Waals surface area contributed by atoms with Crippen LogP contribution in [0.2, 0.25) is 0 Å². The van der Waals surface area contributed by atoms with Crippen LogP contribution in [-0.4, -0.2) is 33.3 Å². The maximum Gasteiger partial charge on any atom is 0.218 e. The summed E-state index contributed by atoms with van der Waals surface area (Å²) in [5.41, 5.74) is 3.52. The highest BCUT2D eigenvalue weighted by Crippen LogP contribution is 2.20. The molecule has 0 radical (unpaired) electrons. The Balaban J connectivity index is 1.79. The van der Waals surface area contributed by atoms with Crippen molar-refractivity contribution in [2.75, 3.05) is 13.1 Å². The van der Waals surface area contributed by atoms with Gasteiger partial charge in [-0.15, -0.1) is 5.10 Å². The molecular weight excluding hydrogens is 298 g/mol. The molecule has 0 amide bonds. The van der Waals surface area contributed by atoms with Crippen LogP contribution in [0.3, 0.4) is 0 Å². The summed E-state index contributed by atoms with van der Waals surface area (Å²) < 4.78 is 1.89. The van der Waals surface area contributed by atoms with Crippen molar-refractivity contribution >= 4 is 0 Å². The minimum atomic E-state index is 0.171. The van der Waals surface area contributed by atoms with E-state index in [1.165, 1.54) is 37.1 Å². The molecule has 122 valence electrons. The highest BCUT2D eigenvalue weighted by atomic mass is 15.6. The first kappa shape index (κ1) is 15.0. The Labute approximate surface area is 141 Å². The largest absolute Gasteiger partial charge is 0.322 e. The highest BCUT2D eigenvalue weighted by molar-refractivity contribution is 5.35. The van der Waals surface area contributed by atoms with Crippen LogP contribution in [0.4, 0.5) is 0 Å². The van der Waals surface area contributed by atoms with E-state index < -0.39 is 0 Å². The zero-order valence-electron chi connectivity index (χ0n) is 13.9. The molecular formula is C19H22N5+. The molecule has 1 aromatic heterocycles. The number of nitrogens with zero attached hydrogens (tertiary/aromatic N) is 4. The van der Waals surface area contributed by atoms with Crippen LogP contribution in [0, 0.1) is 6.92 Å². The molecule has 2 heterocycles. The fourth-order valence-corrected chi connectivity index (χ4v) is 3.57. The Morgan fingerprint density at radius 3 is 2.38 bits per heavy atom. The number of quaternary nitrogens is 1. The number of aryl methyl sites for hydroxylation is 1. The maximum atomic E-state index is 4.42. The van der Waals surface area contributed by atoms with Crippen LogP contribution in [-0.2, 0) is 0 Å². The third-order valence-corrected chi connectivity index (χ3v) is 4.82. The first-order chi connectivity index (χ1) is 11.8. The van der Waals surface area contributed by atoms with Crippen LogP contribution in [0.1, 0.15) is 35.8 Å². The first-order valence-corrected chi connectivity index (χ1v) is 8.58. The van der Waals surface area contributed by atoms with E-state index in [1.54, 1.807) is 4.90 Å². The number of likely N-dealkylation sites (tertiary alicyclic amines) is 1. The quantitative estimate of drug-likeness (QED) is 0.796. The molecule has 0 spiro atoms. The van der Waals surface area contributed by atoms with Gasteiger partial charge >= 0.3 is 0 Å². The van der Waals surface area contributed by atoms with Crippen molar-refractivity contribution in [3.05, 3.63) is 71.5 Å². The number of aromatic nitrogens is 4. The summed E-state index contributed by atoms with van der Waals surface area (Å²) in [5.74, 6) is 0.918. The molecule has 1 aliphatic rings. The van der Waals surface area contributed by atoms with Gasteiger partial charge in [0.25, 0.3) is 0 Å². The molecule has 0 saturated carbocycles. The van der Waals surface area contributed by atoms with E-state index in [0.29, 0.717) is 0 Å². The predicted octanol–water partition coefficient (Wildman–Crippen LogP) is 1.74. The van der Waals surface area contributed by atoms with Crippen molar-refractivity contribution in [1.29, 1.82) is 0 Å². The smallest absolute Gasteiger partial charge is 0.218 e. The van der Waals surface area contributed by atoms with Crippen LogP contribution in [0.25, 0.3) is 5.69 Å². The number of nitrogens with one attached hydrogen (secondary N) is 1. The lowest BCUT2D eigenvalue weighted by Crippen LogP contribution is -3.10. The summed E-state index contributed by atoms with van der Waals surface area (Å²) >= 11 is 0. The molecule has 2 aromatic carbocycles. The van der Waals surface area contributed by atoms with Crippen LogP contribution >= 0.6 is 0 Å². The topological polar surface area (TPSA) is 48.0 Å². The Hall–Kier alpha value is -2.53. The van der Waals surface area contributed by atoms with Crippen molar-refractivity contribution in [2.24, 2.45) is 0 Å². The molecule has 1 N–H and O–H groups in total. The van der Waals surface area contributed by atoms with E-state index in [-0.39, 0.29) is 6.04 Å². The lowest BCUT2D eigenvalue weighted by molar-refractivity contribution is -0.914. The van der Waals surface area contributed by atoms with Gasteiger partial charge in [0.05, 0.1) is 18.8 Å². The average molecular weight is 320 g/mol. The summed E-state index contributed by atoms with van der Waals surface area (Å²) in [5, 5.41) is 12.7. The van der Waals surface area contributed by atoms with Gasteiger partial charge in [0, 0.05) is 18.4 Å². The van der Waals surface area contributed by atoms with Gasteiger partial charge in [0.1, 0.15) is 0 Å². The molecule has 5 nitrogen and oxygen atoms in total. The molecule has 4 rings (SSSR count). The molecule has 0 unspecified atom stereocenters. The lowest BCUT2D eigenvalue weighted by atomic mass is 10.0. The van der Waals surface area contributed by atoms with E-state index in [1.807, 2.05) is 4.68 Å². The van der Waals surface area contributed by atoms with E-state index in [0.717, 1.165) is 11.5 Å². The zero-order valence-corrected chi connectivity index (χ0v) is 13.9. The van der Waals surface area contributed by atoms with Crippen LogP contribution in [0.15, 0.2) is 54.6 Å². The molecule has 1 aliphatic heterocycles. The second-order valence-electron chi connectivity index (χ2n) is 6.49. The Morgan fingerprint density at radius 2 is 1.67 bits per heavy atom. The van der Waals surface area contributed by atoms with Gasteiger partial charge in [0.2, 0.25) is 5.82 Å². The molecule has 24 heavy (non-hydrogen) atoms. The van der Waals surface area contributed by atoms with Gasteiger partial charge in [-0.2, -0.15) is 4.68 Å². The van der Waals surface area contributed by atoms with E-state index >= 15 is 0 Å². The van der Waals surface area contributed by atoms with Crippen molar-refractivity contribution < 1.29 is 4.90 Å². The molecule has 1 fully saturated rings. The van der Waals surface area contributed by atoms with Gasteiger partial charge in [-0.3, -0.25) is 0 Å². The van der Waals surface area contributed by atoms with Crippen molar-refractivity contribution in [3.63, 3.8) is 0 Å². The number of benzene rings is 2. The fraction of sp³-hybridized carbons (Fsp3) is 0.316. The molecule has 0 bridgehead atoms. The summed E-state index contributed by atoms with van der Waals surface area (Å²) in [6, 6.07) is 19.1. The maximum absolute atomic E-state index is 4.42. The molecule has 3 aromatic rings. The SMILES string of the molecule is Cc1ccc(-n2nnnc2[C@H](c2ccccc2)[NH+]2CCCC2)cc1. The third kappa shape index (κ3) is 2.83. The second-order valence-corrected chi connectivity index (χ2v) is 6.49. The van der Waals surface area contributed by atoms with Crippen molar-refractivity contribution in [1.82, 2.24) is 20.2 Å². The third-order valence-electron chi connectivity index (χ3n) is 4.82. The lowest BCUT2D eigenvalue weighted by Gasteiger charge is -2.24. The summed E-state index contributed by atoms with van der Waals surface area (Å²) in [6.45, 7) is 4.42. The van der Waals surface area contributed by atoms with Crippen LogP contribution < -0.4 is 4.90 Å². The zero-order chi connectivity index (χ0) is 16.4. The minimum absolute atomic E-state index is 0.171. The standard InChI is InChI=1S/C19H21N5/c1-15-9-11-17(12-10-15)24-19(20-21-22-24)18(23-13-5-6-14-23)16-7-3-2-4-8-16/h2-4,7-12,18H,5-6,13-14H2,1H3/p+1/t18-/m0/s1. The molecule has 5 heteroatoms. The van der Waals surface area contributed by atoms with Crippen molar-refractivity contribution in [3.8, 4) is 5.69 Å². The molecule has 1 saturated heterocycles. The summed E-state index contributed by atoms with van der Waals surface area (Å²) in [4.78, 5) is 1.55. The van der Waals surface area contributed by atoms with Gasteiger partial charge in [-0.05, 0) is 29.5 Å². The normalized spacial score (nSPS) is 16.4. The number of hydrogen-bond acceptors (Lipinski definition) is 3. The highest BCUT2D eigenvalue weighted by Gasteiger charge is 2.33. The molecule has 1 atom stereocenters. The van der Waals surface area contributed by atoms with Gasteiger partial charge in [-0.1, -0.05) is 48.0 Å². The molecule has 0 aliphatic carbocycles. The van der Waals surface area contributed by atoms with Crippen molar-refractivity contribution in [2.45, 2.75) is 25.8 Å². The first-order valence-electron chi connectivity index (χ1n) is 8.58. The summed E-state index contributed by atoms with van der Waals surface area (Å²) in [6.07, 6.45) is 2.54. The predicted molar refractivity (Wildman–Crippen MR) is 92.1 cm³/mol. The number of rotatable bonds is 4. The Bertz CT molecular complexity index is 788. The number of hydrogen-bond donors (Lipinski definition) is 1. The number of tetrazole rings is 1. The minimum Gasteiger partial charge on any atom is -0.322 e. The van der Waals surface area contributed by atoms with E-state index in [2.05, 4.69) is 77.0 Å².